The molecule has 1 aromatic heterocycles. The van der Waals surface area contributed by atoms with Gasteiger partial charge in [-0.1, -0.05) is 171 Å². The van der Waals surface area contributed by atoms with Gasteiger partial charge in [0.1, 0.15) is 23.0 Å². The zero-order valence-corrected chi connectivity index (χ0v) is 47.2. The fraction of sp³-hybridized carbons (Fsp3) is 0.222. The predicted molar refractivity (Wildman–Crippen MR) is 335 cm³/mol. The molecular formula is C72H62B2N2O2S. The maximum Gasteiger partial charge on any atom is 0.268 e. The highest BCUT2D eigenvalue weighted by Crippen LogP contribution is 2.52. The third kappa shape index (κ3) is 6.87. The lowest BCUT2D eigenvalue weighted by atomic mass is 9.32. The van der Waals surface area contributed by atoms with Crippen LogP contribution in [0.5, 0.6) is 23.0 Å². The number of para-hydroxylation sites is 3. The molecule has 0 radical (unpaired) electrons. The van der Waals surface area contributed by atoms with Crippen LogP contribution in [-0.2, 0) is 21.7 Å². The molecule has 10 aromatic rings. The van der Waals surface area contributed by atoms with Crippen molar-refractivity contribution in [1.29, 1.82) is 0 Å². The van der Waals surface area contributed by atoms with Gasteiger partial charge in [-0.25, -0.2) is 0 Å². The van der Waals surface area contributed by atoms with Gasteiger partial charge in [0.15, 0.2) is 0 Å². The Morgan fingerprint density at radius 1 is 0.380 bits per heavy atom. The zero-order chi connectivity index (χ0) is 53.5. The Bertz CT molecular complexity index is 4250. The summed E-state index contributed by atoms with van der Waals surface area (Å²) in [6.45, 7) is 19.2. The molecule has 4 nitrogen and oxygen atoms in total. The van der Waals surface area contributed by atoms with Gasteiger partial charge < -0.3 is 19.3 Å². The molecule has 16 rings (SSSR count). The van der Waals surface area contributed by atoms with Crippen LogP contribution in [-0.4, -0.2) is 13.4 Å². The van der Waals surface area contributed by atoms with Crippen LogP contribution in [0.3, 0.4) is 0 Å². The van der Waals surface area contributed by atoms with Crippen LogP contribution in [0.2, 0.25) is 0 Å². The second-order valence-electron chi connectivity index (χ2n) is 26.1. The number of ether oxygens (including phenoxy) is 2. The van der Waals surface area contributed by atoms with Gasteiger partial charge in [-0.3, -0.25) is 0 Å². The average molecular weight is 1040 g/mol. The molecule has 384 valence electrons. The maximum atomic E-state index is 7.52. The van der Waals surface area contributed by atoms with Gasteiger partial charge in [0.25, 0.3) is 13.4 Å². The number of rotatable bonds is 4. The molecule has 0 saturated heterocycles. The first-order chi connectivity index (χ1) is 38.1. The second kappa shape index (κ2) is 16.4. The molecule has 6 aliphatic rings. The van der Waals surface area contributed by atoms with Crippen molar-refractivity contribution in [1.82, 2.24) is 0 Å². The molecule has 0 unspecified atom stereocenters. The molecule has 7 heteroatoms. The molecule has 0 fully saturated rings. The smallest absolute Gasteiger partial charge is 0.268 e. The molecule has 0 bridgehead atoms. The third-order valence-electron chi connectivity index (χ3n) is 19.5. The highest BCUT2D eigenvalue weighted by Gasteiger charge is 2.49. The number of fused-ring (bicyclic) bond motifs is 12. The largest absolute Gasteiger partial charge is 0.458 e. The van der Waals surface area contributed by atoms with Crippen molar-refractivity contribution in [3.8, 4) is 45.3 Å². The van der Waals surface area contributed by atoms with Gasteiger partial charge >= 0.3 is 0 Å². The Morgan fingerprint density at radius 3 is 1.46 bits per heavy atom. The molecule has 4 aliphatic heterocycles. The van der Waals surface area contributed by atoms with Crippen LogP contribution in [0.4, 0.5) is 34.1 Å². The summed E-state index contributed by atoms with van der Waals surface area (Å²) in [5, 5.41) is 1.26. The lowest BCUT2D eigenvalue weighted by Crippen LogP contribution is -2.62. The Morgan fingerprint density at radius 2 is 0.861 bits per heavy atom. The fourth-order valence-corrected chi connectivity index (χ4v) is 16.3. The standard InChI is InChI=1S/C72H62B2N2O2S/c1-69(2)31-33-71(5,6)52-35-43(27-29-50(52)69)45-37-58-65-62(39-45)77-60-42-61-56(41-55(60)73(65)54-24-16-17-25-57(54)75(58)47-19-11-9-12-20-47)74-66-59(76(48-21-13-10-14-22-48)67-49-23-15-18-26-64(49)79-68(67)74)38-46(40-63(66)78-61)44-28-30-51-53(36-44)72(7,8)34-32-70(51,3)4/h9-30,35-42H,31-34H2,1-8H3. The first-order valence-corrected chi connectivity index (χ1v) is 29.4. The highest BCUT2D eigenvalue weighted by molar-refractivity contribution is 7.33. The summed E-state index contributed by atoms with van der Waals surface area (Å²) >= 11 is 1.92. The number of hydrogen-bond donors (Lipinski definition) is 0. The molecule has 0 atom stereocenters. The zero-order valence-electron chi connectivity index (χ0n) is 46.4. The SMILES string of the molecule is CC1(C)CCC(C)(C)c2cc(-c3cc4c5c(c3)N(c3ccccc3)c3ccccc3B5c3cc5c(cc3O4)Oc3cc(-c4ccc6c(c4)C(C)(C)CCC6(C)C)cc4c3B5c3sc5ccccc5c3N4c3ccccc3)ccc21. The van der Waals surface area contributed by atoms with Crippen LogP contribution in [0, 0.1) is 0 Å². The van der Waals surface area contributed by atoms with Crippen LogP contribution < -0.4 is 51.4 Å². The van der Waals surface area contributed by atoms with E-state index >= 15 is 0 Å². The number of hydrogen-bond acceptors (Lipinski definition) is 5. The molecule has 0 amide bonds. The normalized spacial score (nSPS) is 17.7. The van der Waals surface area contributed by atoms with Gasteiger partial charge in [0.05, 0.1) is 5.69 Å². The van der Waals surface area contributed by atoms with E-state index in [2.05, 4.69) is 247 Å². The van der Waals surface area contributed by atoms with Crippen molar-refractivity contribution in [3.63, 3.8) is 0 Å². The summed E-state index contributed by atoms with van der Waals surface area (Å²) in [5.41, 5.74) is 23.9. The number of anilines is 6. The predicted octanol–water partition coefficient (Wildman–Crippen LogP) is 15.7. The minimum atomic E-state index is -0.0969. The van der Waals surface area contributed by atoms with Crippen molar-refractivity contribution in [2.24, 2.45) is 0 Å². The first kappa shape index (κ1) is 47.3. The third-order valence-corrected chi connectivity index (χ3v) is 20.7. The van der Waals surface area contributed by atoms with E-state index in [0.29, 0.717) is 0 Å². The summed E-state index contributed by atoms with van der Waals surface area (Å²) in [7, 11) is 0. The summed E-state index contributed by atoms with van der Waals surface area (Å²) in [6.07, 6.45) is 4.68. The van der Waals surface area contributed by atoms with E-state index in [1.165, 1.54) is 94.3 Å². The maximum absolute atomic E-state index is 7.52. The van der Waals surface area contributed by atoms with E-state index in [1.807, 2.05) is 11.3 Å². The number of nitrogens with zero attached hydrogens (tertiary/aromatic N) is 2. The van der Waals surface area contributed by atoms with Crippen LogP contribution >= 0.6 is 11.3 Å². The molecule has 79 heavy (non-hydrogen) atoms. The monoisotopic (exact) mass is 1040 g/mol. The second-order valence-corrected chi connectivity index (χ2v) is 27.2. The summed E-state index contributed by atoms with van der Waals surface area (Å²) in [5.74, 6) is 3.47. The van der Waals surface area contributed by atoms with E-state index in [1.54, 1.807) is 0 Å². The number of thiophene rings is 1. The Labute approximate surface area is 469 Å². The van der Waals surface area contributed by atoms with E-state index < -0.39 is 0 Å². The topological polar surface area (TPSA) is 24.9 Å². The Balaban J connectivity index is 0.927. The van der Waals surface area contributed by atoms with Gasteiger partial charge in [0.2, 0.25) is 0 Å². The van der Waals surface area contributed by atoms with Crippen molar-refractivity contribution in [2.45, 2.75) is 103 Å². The van der Waals surface area contributed by atoms with E-state index in [-0.39, 0.29) is 35.1 Å². The molecule has 5 heterocycles. The van der Waals surface area contributed by atoms with Crippen LogP contribution in [0.15, 0.2) is 182 Å². The average Bonchev–Trinajstić information content (AvgIpc) is 4.11. The summed E-state index contributed by atoms with van der Waals surface area (Å²) < 4.78 is 17.6. The minimum Gasteiger partial charge on any atom is -0.458 e. The molecule has 0 saturated carbocycles. The molecule has 0 spiro atoms. The van der Waals surface area contributed by atoms with Crippen molar-refractivity contribution < 1.29 is 9.47 Å². The van der Waals surface area contributed by atoms with Crippen molar-refractivity contribution >= 4 is 101 Å². The van der Waals surface area contributed by atoms with E-state index in [0.717, 1.165) is 75.2 Å². The van der Waals surface area contributed by atoms with Crippen LogP contribution in [0.1, 0.15) is 103 Å². The highest BCUT2D eigenvalue weighted by atomic mass is 32.1. The lowest BCUT2D eigenvalue weighted by Gasteiger charge is -2.42. The molecular weight excluding hydrogens is 978 g/mol. The van der Waals surface area contributed by atoms with Crippen LogP contribution in [0.25, 0.3) is 32.3 Å². The van der Waals surface area contributed by atoms with Gasteiger partial charge in [-0.15, -0.1) is 11.3 Å². The fourth-order valence-electron chi connectivity index (χ4n) is 14.9. The van der Waals surface area contributed by atoms with Crippen molar-refractivity contribution in [3.05, 3.63) is 204 Å². The molecule has 2 aliphatic carbocycles. The first-order valence-electron chi connectivity index (χ1n) is 28.6. The Kier molecular flexibility index (Phi) is 9.83. The molecule has 9 aromatic carbocycles. The lowest BCUT2D eigenvalue weighted by molar-refractivity contribution is 0.332. The van der Waals surface area contributed by atoms with Gasteiger partial charge in [-0.2, -0.15) is 0 Å². The van der Waals surface area contributed by atoms with Gasteiger partial charge in [-0.05, 0) is 180 Å². The van der Waals surface area contributed by atoms with Gasteiger partial charge in [0, 0.05) is 49.4 Å². The summed E-state index contributed by atoms with van der Waals surface area (Å²) in [4.78, 5) is 5.01. The van der Waals surface area contributed by atoms with Crippen molar-refractivity contribution in [2.75, 3.05) is 9.80 Å². The quantitative estimate of drug-likeness (QED) is 0.164. The summed E-state index contributed by atoms with van der Waals surface area (Å²) in [6, 6.07) is 68.8. The van der Waals surface area contributed by atoms with E-state index in [4.69, 9.17) is 9.47 Å². The minimum absolute atomic E-state index is 0.0665. The number of benzene rings is 9. The molecule has 0 N–H and O–H groups in total. The van der Waals surface area contributed by atoms with E-state index in [9.17, 15) is 0 Å². The Hall–Kier alpha value is -7.73.